The Bertz CT molecular complexity index is 656. The fraction of sp³-hybridized carbons (Fsp3) is 0.667. The summed E-state index contributed by atoms with van der Waals surface area (Å²) in [5.41, 5.74) is 0.327. The standard InChI is InChI=1S/C15H22F2N6/c1-10(2)9-22-7-3-4-11(22)8-18-12-5-6-13-19-20-15(14(16)17)23(13)21-12/h5-6,10-11,14H,3-4,7-9H2,1-2H3,(H,18,21)/t11-/m1/s1. The SMILES string of the molecule is CC(C)CN1CCC[C@@H]1CNc1ccc2nnc(C(F)F)n2n1. The molecule has 1 fully saturated rings. The Morgan fingerprint density at radius 1 is 1.30 bits per heavy atom. The molecule has 0 spiro atoms. The van der Waals surface area contributed by atoms with Crippen molar-refractivity contribution in [3.05, 3.63) is 18.0 Å². The van der Waals surface area contributed by atoms with E-state index in [0.29, 0.717) is 23.4 Å². The highest BCUT2D eigenvalue weighted by molar-refractivity contribution is 5.44. The number of fused-ring (bicyclic) bond motifs is 1. The Morgan fingerprint density at radius 2 is 2.13 bits per heavy atom. The van der Waals surface area contributed by atoms with Crippen molar-refractivity contribution in [1.29, 1.82) is 0 Å². The van der Waals surface area contributed by atoms with Gasteiger partial charge in [0.1, 0.15) is 5.82 Å². The van der Waals surface area contributed by atoms with Crippen LogP contribution in [0.1, 0.15) is 38.9 Å². The number of hydrogen-bond acceptors (Lipinski definition) is 5. The molecule has 0 unspecified atom stereocenters. The van der Waals surface area contributed by atoms with Crippen molar-refractivity contribution >= 4 is 11.5 Å². The Hall–Kier alpha value is -1.83. The molecule has 6 nitrogen and oxygen atoms in total. The van der Waals surface area contributed by atoms with E-state index in [0.717, 1.165) is 30.6 Å². The van der Waals surface area contributed by atoms with Gasteiger partial charge in [-0.05, 0) is 37.4 Å². The average molecular weight is 324 g/mol. The van der Waals surface area contributed by atoms with Crippen LogP contribution in [0.2, 0.25) is 0 Å². The summed E-state index contributed by atoms with van der Waals surface area (Å²) in [4.78, 5) is 2.49. The summed E-state index contributed by atoms with van der Waals surface area (Å²) < 4.78 is 26.9. The van der Waals surface area contributed by atoms with Gasteiger partial charge < -0.3 is 5.32 Å². The topological polar surface area (TPSA) is 58.3 Å². The lowest BCUT2D eigenvalue weighted by Gasteiger charge is -2.26. The van der Waals surface area contributed by atoms with Crippen LogP contribution in [0, 0.1) is 5.92 Å². The molecule has 0 radical (unpaired) electrons. The third-order valence-corrected chi connectivity index (χ3v) is 4.10. The van der Waals surface area contributed by atoms with E-state index >= 15 is 0 Å². The van der Waals surface area contributed by atoms with Crippen molar-refractivity contribution in [2.45, 2.75) is 39.2 Å². The summed E-state index contributed by atoms with van der Waals surface area (Å²) in [6.45, 7) is 7.40. The maximum absolute atomic E-state index is 12.9. The van der Waals surface area contributed by atoms with Gasteiger partial charge in [-0.1, -0.05) is 13.8 Å². The number of rotatable bonds is 6. The van der Waals surface area contributed by atoms with Crippen LogP contribution in [-0.4, -0.2) is 50.4 Å². The minimum absolute atomic E-state index is 0.327. The van der Waals surface area contributed by atoms with Crippen molar-refractivity contribution in [2.24, 2.45) is 5.92 Å². The molecule has 8 heteroatoms. The molecular weight excluding hydrogens is 302 g/mol. The molecule has 0 aliphatic carbocycles. The number of aromatic nitrogens is 4. The molecule has 3 rings (SSSR count). The molecule has 0 amide bonds. The summed E-state index contributed by atoms with van der Waals surface area (Å²) >= 11 is 0. The number of nitrogens with one attached hydrogen (secondary N) is 1. The fourth-order valence-corrected chi connectivity index (χ4v) is 3.09. The summed E-state index contributed by atoms with van der Waals surface area (Å²) in [5.74, 6) is 0.775. The molecule has 0 saturated carbocycles. The lowest BCUT2D eigenvalue weighted by molar-refractivity contribution is 0.137. The first-order chi connectivity index (χ1) is 11.0. The molecule has 1 atom stereocenters. The van der Waals surface area contributed by atoms with Gasteiger partial charge in [0, 0.05) is 19.1 Å². The first kappa shape index (κ1) is 16.0. The summed E-state index contributed by atoms with van der Waals surface area (Å²) in [5, 5.41) is 14.6. The Balaban J connectivity index is 1.68. The molecule has 2 aromatic heterocycles. The number of likely N-dealkylation sites (tertiary alicyclic amines) is 1. The van der Waals surface area contributed by atoms with Crippen molar-refractivity contribution in [3.63, 3.8) is 0 Å². The third kappa shape index (κ3) is 3.57. The lowest BCUT2D eigenvalue weighted by atomic mass is 10.1. The molecule has 1 aliphatic rings. The second-order valence-electron chi connectivity index (χ2n) is 6.41. The van der Waals surface area contributed by atoms with Gasteiger partial charge in [-0.15, -0.1) is 15.3 Å². The summed E-state index contributed by atoms with van der Waals surface area (Å²) in [6, 6.07) is 3.86. The van der Waals surface area contributed by atoms with E-state index in [2.05, 4.69) is 39.4 Å². The van der Waals surface area contributed by atoms with Crippen molar-refractivity contribution in [1.82, 2.24) is 24.7 Å². The number of anilines is 1. The molecule has 1 N–H and O–H groups in total. The van der Waals surface area contributed by atoms with Gasteiger partial charge in [0.05, 0.1) is 0 Å². The number of hydrogen-bond donors (Lipinski definition) is 1. The minimum atomic E-state index is -2.69. The zero-order valence-corrected chi connectivity index (χ0v) is 13.4. The van der Waals surface area contributed by atoms with Crippen molar-refractivity contribution in [2.75, 3.05) is 25.0 Å². The quantitative estimate of drug-likeness (QED) is 0.885. The highest BCUT2D eigenvalue weighted by Crippen LogP contribution is 2.20. The first-order valence-corrected chi connectivity index (χ1v) is 8.03. The Kier molecular flexibility index (Phi) is 4.70. The predicted molar refractivity (Wildman–Crippen MR) is 83.7 cm³/mol. The number of halogens is 2. The molecule has 0 bridgehead atoms. The van der Waals surface area contributed by atoms with Gasteiger partial charge in [-0.3, -0.25) is 4.90 Å². The van der Waals surface area contributed by atoms with Crippen LogP contribution < -0.4 is 5.32 Å². The minimum Gasteiger partial charge on any atom is -0.367 e. The fourth-order valence-electron chi connectivity index (χ4n) is 3.09. The van der Waals surface area contributed by atoms with E-state index in [-0.39, 0.29) is 0 Å². The molecule has 3 heterocycles. The van der Waals surface area contributed by atoms with E-state index < -0.39 is 12.2 Å². The van der Waals surface area contributed by atoms with Crippen LogP contribution in [0.25, 0.3) is 5.65 Å². The first-order valence-electron chi connectivity index (χ1n) is 8.03. The second-order valence-corrected chi connectivity index (χ2v) is 6.41. The van der Waals surface area contributed by atoms with Gasteiger partial charge in [-0.2, -0.15) is 4.52 Å². The largest absolute Gasteiger partial charge is 0.367 e. The highest BCUT2D eigenvalue weighted by atomic mass is 19.3. The zero-order valence-electron chi connectivity index (χ0n) is 13.4. The smallest absolute Gasteiger partial charge is 0.299 e. The van der Waals surface area contributed by atoms with Crippen molar-refractivity contribution < 1.29 is 8.78 Å². The van der Waals surface area contributed by atoms with E-state index in [9.17, 15) is 8.78 Å². The summed E-state index contributed by atoms with van der Waals surface area (Å²) in [6.07, 6.45) is -0.340. The number of nitrogens with zero attached hydrogens (tertiary/aromatic N) is 5. The van der Waals surface area contributed by atoms with Gasteiger partial charge in [0.15, 0.2) is 5.65 Å². The van der Waals surface area contributed by atoms with Crippen LogP contribution in [-0.2, 0) is 0 Å². The van der Waals surface area contributed by atoms with Crippen LogP contribution in [0.15, 0.2) is 12.1 Å². The maximum Gasteiger partial charge on any atom is 0.299 e. The van der Waals surface area contributed by atoms with E-state index in [1.54, 1.807) is 12.1 Å². The van der Waals surface area contributed by atoms with Gasteiger partial charge in [0.25, 0.3) is 6.43 Å². The van der Waals surface area contributed by atoms with Gasteiger partial charge in [0.2, 0.25) is 5.82 Å². The van der Waals surface area contributed by atoms with Gasteiger partial charge in [-0.25, -0.2) is 8.78 Å². The van der Waals surface area contributed by atoms with Crippen LogP contribution in [0.5, 0.6) is 0 Å². The van der Waals surface area contributed by atoms with Crippen molar-refractivity contribution in [3.8, 4) is 0 Å². The zero-order chi connectivity index (χ0) is 16.4. The number of alkyl halides is 2. The maximum atomic E-state index is 12.9. The Labute approximate surface area is 133 Å². The van der Waals surface area contributed by atoms with Crippen LogP contribution >= 0.6 is 0 Å². The molecule has 23 heavy (non-hydrogen) atoms. The van der Waals surface area contributed by atoms with Crippen LogP contribution in [0.3, 0.4) is 0 Å². The molecule has 2 aromatic rings. The third-order valence-electron chi connectivity index (χ3n) is 4.10. The Morgan fingerprint density at radius 3 is 2.87 bits per heavy atom. The van der Waals surface area contributed by atoms with E-state index in [1.165, 1.54) is 6.42 Å². The van der Waals surface area contributed by atoms with E-state index in [4.69, 9.17) is 0 Å². The highest BCUT2D eigenvalue weighted by Gasteiger charge is 2.24. The lowest BCUT2D eigenvalue weighted by Crippen LogP contribution is -2.37. The molecule has 1 saturated heterocycles. The molecule has 0 aromatic carbocycles. The molecule has 126 valence electrons. The monoisotopic (exact) mass is 324 g/mol. The second kappa shape index (κ2) is 6.74. The normalized spacial score (nSPS) is 19.3. The molecular formula is C15H22F2N6. The van der Waals surface area contributed by atoms with E-state index in [1.807, 2.05) is 0 Å². The predicted octanol–water partition coefficient (Wildman–Crippen LogP) is 2.59. The average Bonchev–Trinajstić information content (AvgIpc) is 3.10. The molecule has 1 aliphatic heterocycles. The van der Waals surface area contributed by atoms with Gasteiger partial charge >= 0.3 is 0 Å². The van der Waals surface area contributed by atoms with Crippen LogP contribution in [0.4, 0.5) is 14.6 Å². The summed E-state index contributed by atoms with van der Waals surface area (Å²) in [7, 11) is 0.